The first-order chi connectivity index (χ1) is 9.33. The highest BCUT2D eigenvalue weighted by atomic mass is 32.2. The number of rotatable bonds is 3. The molecule has 2 aromatic rings. The topological polar surface area (TPSA) is 45.1 Å². The average Bonchev–Trinajstić information content (AvgIpc) is 2.86. The summed E-state index contributed by atoms with van der Waals surface area (Å²) in [6, 6.07) is 10.2. The fraction of sp³-hybridized carbons (Fsp3) is 0.133. The maximum absolute atomic E-state index is 9.17. The quantitative estimate of drug-likeness (QED) is 0.840. The molecule has 1 atom stereocenters. The van der Waals surface area contributed by atoms with Crippen molar-refractivity contribution in [2.45, 2.75) is 10.9 Å². The summed E-state index contributed by atoms with van der Waals surface area (Å²) in [5.74, 6) is 0. The largest absolute Gasteiger partial charge is 0.325 e. The van der Waals surface area contributed by atoms with Crippen molar-refractivity contribution in [2.75, 3.05) is 7.05 Å². The minimum absolute atomic E-state index is 0.198. The van der Waals surface area contributed by atoms with E-state index in [2.05, 4.69) is 22.4 Å². The van der Waals surface area contributed by atoms with Gasteiger partial charge in [-0.1, -0.05) is 18.2 Å². The molecule has 0 radical (unpaired) electrons. The van der Waals surface area contributed by atoms with Crippen LogP contribution in [-0.2, 0) is 0 Å². The summed E-state index contributed by atoms with van der Waals surface area (Å²) in [5.41, 5.74) is 4.70. The normalized spacial score (nSPS) is 17.2. The van der Waals surface area contributed by atoms with E-state index in [0.717, 1.165) is 22.5 Å². The molecule has 1 unspecified atom stereocenters. The second-order valence-electron chi connectivity index (χ2n) is 4.43. The summed E-state index contributed by atoms with van der Waals surface area (Å²) < 4.78 is 9.17. The van der Waals surface area contributed by atoms with E-state index >= 15 is 0 Å². The highest BCUT2D eigenvalue weighted by molar-refractivity contribution is 7.93. The van der Waals surface area contributed by atoms with Crippen LogP contribution in [0.1, 0.15) is 22.7 Å². The van der Waals surface area contributed by atoms with Gasteiger partial charge in [0.2, 0.25) is 0 Å². The molecule has 19 heavy (non-hydrogen) atoms. The van der Waals surface area contributed by atoms with E-state index in [1.54, 1.807) is 0 Å². The zero-order chi connectivity index (χ0) is 13.2. The van der Waals surface area contributed by atoms with Gasteiger partial charge in [0.05, 0.1) is 6.04 Å². The molecule has 1 aromatic carbocycles. The average molecular weight is 270 g/mol. The third-order valence-electron chi connectivity index (χ3n) is 3.37. The Morgan fingerprint density at radius 1 is 1.32 bits per heavy atom. The monoisotopic (exact) mass is 270 g/mol. The SMILES string of the molecule is CNC1C=C(c2cccc(SO)c2)c2ccncc21. The minimum atomic E-state index is 0.198. The van der Waals surface area contributed by atoms with Gasteiger partial charge in [0, 0.05) is 29.3 Å². The first-order valence-corrected chi connectivity index (χ1v) is 6.86. The van der Waals surface area contributed by atoms with Gasteiger partial charge < -0.3 is 9.87 Å². The summed E-state index contributed by atoms with van der Waals surface area (Å²) in [6.07, 6.45) is 5.92. The molecule has 3 rings (SSSR count). The molecular weight excluding hydrogens is 256 g/mol. The number of fused-ring (bicyclic) bond motifs is 1. The third kappa shape index (κ3) is 2.18. The first-order valence-electron chi connectivity index (χ1n) is 6.08. The number of hydrogen-bond donors (Lipinski definition) is 2. The van der Waals surface area contributed by atoms with Crippen LogP contribution in [0.15, 0.2) is 53.7 Å². The zero-order valence-corrected chi connectivity index (χ0v) is 11.3. The Kier molecular flexibility index (Phi) is 3.38. The van der Waals surface area contributed by atoms with Crippen LogP contribution in [0, 0.1) is 0 Å². The van der Waals surface area contributed by atoms with Crippen LogP contribution in [0.5, 0.6) is 0 Å². The van der Waals surface area contributed by atoms with Gasteiger partial charge in [0.1, 0.15) is 0 Å². The van der Waals surface area contributed by atoms with Gasteiger partial charge in [-0.3, -0.25) is 4.98 Å². The summed E-state index contributed by atoms with van der Waals surface area (Å²) in [7, 11) is 1.95. The lowest BCUT2D eigenvalue weighted by atomic mass is 10.0. The number of pyridine rings is 1. The van der Waals surface area contributed by atoms with Gasteiger partial charge in [0.25, 0.3) is 0 Å². The molecule has 2 N–H and O–H groups in total. The van der Waals surface area contributed by atoms with Crippen LogP contribution >= 0.6 is 12.0 Å². The standard InChI is InChI=1S/C15H14N2OS/c1-16-15-8-13(12-5-6-17-9-14(12)15)10-3-2-4-11(7-10)19-18/h2-9,15-16,18H,1H3. The van der Waals surface area contributed by atoms with Gasteiger partial charge in [0.15, 0.2) is 0 Å². The van der Waals surface area contributed by atoms with Crippen molar-refractivity contribution in [2.24, 2.45) is 0 Å². The van der Waals surface area contributed by atoms with Crippen molar-refractivity contribution in [1.82, 2.24) is 10.3 Å². The van der Waals surface area contributed by atoms with E-state index in [4.69, 9.17) is 0 Å². The third-order valence-corrected chi connectivity index (χ3v) is 3.84. The van der Waals surface area contributed by atoms with Gasteiger partial charge in [-0.25, -0.2) is 0 Å². The summed E-state index contributed by atoms with van der Waals surface area (Å²) in [6.45, 7) is 0. The Bertz CT molecular complexity index is 640. The van der Waals surface area contributed by atoms with E-state index in [1.165, 1.54) is 16.7 Å². The predicted molar refractivity (Wildman–Crippen MR) is 78.0 cm³/mol. The molecular formula is C15H14N2OS. The van der Waals surface area contributed by atoms with E-state index in [9.17, 15) is 4.55 Å². The van der Waals surface area contributed by atoms with E-state index in [1.807, 2.05) is 43.7 Å². The predicted octanol–water partition coefficient (Wildman–Crippen LogP) is 3.35. The summed E-state index contributed by atoms with van der Waals surface area (Å²) in [5, 5.41) is 3.28. The first kappa shape index (κ1) is 12.4. The molecule has 0 bridgehead atoms. The number of nitrogens with one attached hydrogen (secondary N) is 1. The lowest BCUT2D eigenvalue weighted by molar-refractivity contribution is 0.664. The van der Waals surface area contributed by atoms with Crippen molar-refractivity contribution in [3.05, 3.63) is 65.5 Å². The maximum Gasteiger partial charge on any atom is 0.0534 e. The Hall–Kier alpha value is -1.62. The van der Waals surface area contributed by atoms with Crippen molar-refractivity contribution in [1.29, 1.82) is 0 Å². The molecule has 1 heterocycles. The molecule has 0 aliphatic heterocycles. The number of likely N-dealkylation sites (N-methyl/N-ethyl adjacent to an activating group) is 1. The van der Waals surface area contributed by atoms with E-state index in [0.29, 0.717) is 0 Å². The fourth-order valence-electron chi connectivity index (χ4n) is 2.46. The highest BCUT2D eigenvalue weighted by Crippen LogP contribution is 2.38. The van der Waals surface area contributed by atoms with E-state index in [-0.39, 0.29) is 6.04 Å². The lowest BCUT2D eigenvalue weighted by Crippen LogP contribution is -2.12. The second kappa shape index (κ2) is 5.17. The van der Waals surface area contributed by atoms with Crippen LogP contribution in [0.25, 0.3) is 5.57 Å². The Morgan fingerprint density at radius 3 is 3.00 bits per heavy atom. The molecule has 0 saturated heterocycles. The number of benzene rings is 1. The molecule has 1 aromatic heterocycles. The van der Waals surface area contributed by atoms with Gasteiger partial charge in [-0.05, 0) is 47.5 Å². The summed E-state index contributed by atoms with van der Waals surface area (Å²) in [4.78, 5) is 5.05. The maximum atomic E-state index is 9.17. The fourth-order valence-corrected chi connectivity index (χ4v) is 2.78. The molecule has 4 heteroatoms. The van der Waals surface area contributed by atoms with Gasteiger partial charge >= 0.3 is 0 Å². The van der Waals surface area contributed by atoms with Crippen molar-refractivity contribution < 1.29 is 4.55 Å². The number of nitrogens with zero attached hydrogens (tertiary/aromatic N) is 1. The van der Waals surface area contributed by atoms with Crippen molar-refractivity contribution in [3.8, 4) is 0 Å². The number of aromatic nitrogens is 1. The minimum Gasteiger partial charge on any atom is -0.325 e. The van der Waals surface area contributed by atoms with Crippen LogP contribution in [0.3, 0.4) is 0 Å². The Morgan fingerprint density at radius 2 is 2.21 bits per heavy atom. The Balaban J connectivity index is 2.10. The van der Waals surface area contributed by atoms with Crippen LogP contribution in [-0.4, -0.2) is 16.6 Å². The molecule has 96 valence electrons. The molecule has 0 fully saturated rings. The van der Waals surface area contributed by atoms with E-state index < -0.39 is 0 Å². The molecule has 0 spiro atoms. The Labute approximate surface area is 116 Å². The van der Waals surface area contributed by atoms with Crippen LogP contribution in [0.4, 0.5) is 0 Å². The highest BCUT2D eigenvalue weighted by Gasteiger charge is 2.23. The van der Waals surface area contributed by atoms with Gasteiger partial charge in [-0.15, -0.1) is 0 Å². The summed E-state index contributed by atoms with van der Waals surface area (Å²) >= 11 is 0.774. The molecule has 0 saturated carbocycles. The zero-order valence-electron chi connectivity index (χ0n) is 10.5. The van der Waals surface area contributed by atoms with Crippen LogP contribution < -0.4 is 5.32 Å². The second-order valence-corrected chi connectivity index (χ2v) is 5.08. The van der Waals surface area contributed by atoms with Crippen molar-refractivity contribution in [3.63, 3.8) is 0 Å². The van der Waals surface area contributed by atoms with Crippen molar-refractivity contribution >= 4 is 17.6 Å². The molecule has 0 amide bonds. The van der Waals surface area contributed by atoms with Crippen LogP contribution in [0.2, 0.25) is 0 Å². The lowest BCUT2D eigenvalue weighted by Gasteiger charge is -2.08. The molecule has 3 nitrogen and oxygen atoms in total. The number of hydrogen-bond acceptors (Lipinski definition) is 4. The molecule has 1 aliphatic carbocycles. The smallest absolute Gasteiger partial charge is 0.0534 e. The van der Waals surface area contributed by atoms with Gasteiger partial charge in [-0.2, -0.15) is 0 Å². The molecule has 1 aliphatic rings.